The van der Waals surface area contributed by atoms with E-state index in [0.29, 0.717) is 13.1 Å². The molecule has 0 aliphatic heterocycles. The van der Waals surface area contributed by atoms with Crippen LogP contribution in [-0.4, -0.2) is 17.1 Å². The average molecular weight is 285 g/mol. The van der Waals surface area contributed by atoms with Crippen molar-refractivity contribution in [3.8, 4) is 0 Å². The van der Waals surface area contributed by atoms with Gasteiger partial charge in [0, 0.05) is 31.5 Å². The van der Waals surface area contributed by atoms with E-state index >= 15 is 0 Å². The molecule has 0 atom stereocenters. The van der Waals surface area contributed by atoms with Crippen molar-refractivity contribution in [3.63, 3.8) is 0 Å². The third kappa shape index (κ3) is 4.12. The van der Waals surface area contributed by atoms with E-state index in [9.17, 15) is 4.79 Å². The van der Waals surface area contributed by atoms with Crippen molar-refractivity contribution >= 4 is 6.03 Å². The first-order valence-corrected chi connectivity index (χ1v) is 7.25. The molecule has 0 aliphatic carbocycles. The molecule has 2 N–H and O–H groups in total. The second-order valence-electron chi connectivity index (χ2n) is 5.30. The second-order valence-corrected chi connectivity index (χ2v) is 5.30. The third-order valence-corrected chi connectivity index (χ3v) is 3.86. The molecule has 1 aromatic heterocycles. The SMILES string of the molecule is Cc1cc(CCNC(=O)NCc2ccccc2)c(C)n1C. The molecular formula is C17H23N3O. The molecule has 0 unspecified atom stereocenters. The molecule has 0 aliphatic rings. The first-order valence-electron chi connectivity index (χ1n) is 7.25. The number of rotatable bonds is 5. The number of hydrogen-bond acceptors (Lipinski definition) is 1. The van der Waals surface area contributed by atoms with Crippen LogP contribution in [0.25, 0.3) is 0 Å². The highest BCUT2D eigenvalue weighted by atomic mass is 16.2. The molecule has 2 aromatic rings. The van der Waals surface area contributed by atoms with E-state index in [2.05, 4.69) is 42.2 Å². The summed E-state index contributed by atoms with van der Waals surface area (Å²) in [5.74, 6) is 0. The Hall–Kier alpha value is -2.23. The van der Waals surface area contributed by atoms with Crippen LogP contribution in [0.1, 0.15) is 22.5 Å². The fourth-order valence-electron chi connectivity index (χ4n) is 2.34. The molecule has 0 radical (unpaired) electrons. The Morgan fingerprint density at radius 3 is 2.48 bits per heavy atom. The molecule has 2 amide bonds. The molecule has 1 aromatic carbocycles. The van der Waals surface area contributed by atoms with Crippen molar-refractivity contribution in [2.75, 3.05) is 6.54 Å². The van der Waals surface area contributed by atoms with E-state index < -0.39 is 0 Å². The van der Waals surface area contributed by atoms with Gasteiger partial charge in [-0.25, -0.2) is 4.79 Å². The minimum atomic E-state index is -0.121. The number of hydrogen-bond donors (Lipinski definition) is 2. The fraction of sp³-hybridized carbons (Fsp3) is 0.353. The van der Waals surface area contributed by atoms with Crippen LogP contribution in [0.15, 0.2) is 36.4 Å². The number of benzene rings is 1. The van der Waals surface area contributed by atoms with Crippen LogP contribution >= 0.6 is 0 Å². The Morgan fingerprint density at radius 2 is 1.86 bits per heavy atom. The van der Waals surface area contributed by atoms with E-state index in [1.807, 2.05) is 30.3 Å². The lowest BCUT2D eigenvalue weighted by atomic mass is 10.2. The van der Waals surface area contributed by atoms with Crippen LogP contribution in [0, 0.1) is 13.8 Å². The van der Waals surface area contributed by atoms with Gasteiger partial charge in [-0.1, -0.05) is 30.3 Å². The minimum absolute atomic E-state index is 0.121. The lowest BCUT2D eigenvalue weighted by molar-refractivity contribution is 0.240. The zero-order valence-electron chi connectivity index (χ0n) is 12.9. The maximum absolute atomic E-state index is 11.7. The Morgan fingerprint density at radius 1 is 1.14 bits per heavy atom. The maximum atomic E-state index is 11.7. The lowest BCUT2D eigenvalue weighted by Crippen LogP contribution is -2.36. The number of urea groups is 1. The summed E-state index contributed by atoms with van der Waals surface area (Å²) in [5, 5.41) is 5.76. The van der Waals surface area contributed by atoms with Gasteiger partial charge in [-0.3, -0.25) is 0 Å². The number of amides is 2. The van der Waals surface area contributed by atoms with Gasteiger partial charge in [-0.15, -0.1) is 0 Å². The van der Waals surface area contributed by atoms with Gasteiger partial charge in [0.1, 0.15) is 0 Å². The molecule has 4 heteroatoms. The van der Waals surface area contributed by atoms with Crippen molar-refractivity contribution in [1.82, 2.24) is 15.2 Å². The second kappa shape index (κ2) is 6.97. The number of carbonyl (C=O) groups excluding carboxylic acids is 1. The quantitative estimate of drug-likeness (QED) is 0.871. The minimum Gasteiger partial charge on any atom is -0.352 e. The van der Waals surface area contributed by atoms with E-state index in [-0.39, 0.29) is 6.03 Å². The van der Waals surface area contributed by atoms with Crippen LogP contribution in [0.4, 0.5) is 4.79 Å². The molecule has 0 bridgehead atoms. The van der Waals surface area contributed by atoms with Crippen molar-refractivity contribution < 1.29 is 4.79 Å². The van der Waals surface area contributed by atoms with E-state index in [1.54, 1.807) is 0 Å². The highest BCUT2D eigenvalue weighted by molar-refractivity contribution is 5.73. The van der Waals surface area contributed by atoms with Crippen molar-refractivity contribution in [2.45, 2.75) is 26.8 Å². The Balaban J connectivity index is 1.73. The summed E-state index contributed by atoms with van der Waals surface area (Å²) in [6.07, 6.45) is 0.853. The van der Waals surface area contributed by atoms with Gasteiger partial charge in [0.15, 0.2) is 0 Å². The van der Waals surface area contributed by atoms with Crippen molar-refractivity contribution in [3.05, 3.63) is 58.9 Å². The molecule has 112 valence electrons. The molecule has 0 saturated heterocycles. The largest absolute Gasteiger partial charge is 0.352 e. The van der Waals surface area contributed by atoms with Crippen LogP contribution in [0.3, 0.4) is 0 Å². The Kier molecular flexibility index (Phi) is 5.04. The Bertz CT molecular complexity index is 602. The average Bonchev–Trinajstić information content (AvgIpc) is 2.74. The summed E-state index contributed by atoms with van der Waals surface area (Å²) in [6, 6.07) is 12.0. The van der Waals surface area contributed by atoms with Gasteiger partial charge in [-0.05, 0) is 37.5 Å². The van der Waals surface area contributed by atoms with E-state index in [0.717, 1.165) is 12.0 Å². The topological polar surface area (TPSA) is 46.1 Å². The fourth-order valence-corrected chi connectivity index (χ4v) is 2.34. The summed E-state index contributed by atoms with van der Waals surface area (Å²) in [6.45, 7) is 5.40. The molecule has 0 spiro atoms. The summed E-state index contributed by atoms with van der Waals surface area (Å²) < 4.78 is 2.17. The highest BCUT2D eigenvalue weighted by Gasteiger charge is 2.06. The highest BCUT2D eigenvalue weighted by Crippen LogP contribution is 2.13. The van der Waals surface area contributed by atoms with Crippen LogP contribution in [-0.2, 0) is 20.0 Å². The molecule has 21 heavy (non-hydrogen) atoms. The number of nitrogens with zero attached hydrogens (tertiary/aromatic N) is 1. The van der Waals surface area contributed by atoms with Crippen molar-refractivity contribution in [1.29, 1.82) is 0 Å². The lowest BCUT2D eigenvalue weighted by Gasteiger charge is -2.08. The summed E-state index contributed by atoms with van der Waals surface area (Å²) in [7, 11) is 2.06. The van der Waals surface area contributed by atoms with E-state index in [1.165, 1.54) is 17.0 Å². The van der Waals surface area contributed by atoms with E-state index in [4.69, 9.17) is 0 Å². The summed E-state index contributed by atoms with van der Waals surface area (Å²) >= 11 is 0. The van der Waals surface area contributed by atoms with Crippen LogP contribution in [0.2, 0.25) is 0 Å². The zero-order valence-corrected chi connectivity index (χ0v) is 12.9. The van der Waals surface area contributed by atoms with Gasteiger partial charge >= 0.3 is 6.03 Å². The number of aryl methyl sites for hydroxylation is 1. The van der Waals surface area contributed by atoms with Crippen LogP contribution < -0.4 is 10.6 Å². The van der Waals surface area contributed by atoms with Gasteiger partial charge in [0.2, 0.25) is 0 Å². The Labute approximate surface area is 126 Å². The predicted octanol–water partition coefficient (Wildman–Crippen LogP) is 2.68. The van der Waals surface area contributed by atoms with Crippen LogP contribution in [0.5, 0.6) is 0 Å². The van der Waals surface area contributed by atoms with Gasteiger partial charge in [0.05, 0.1) is 0 Å². The van der Waals surface area contributed by atoms with Gasteiger partial charge in [-0.2, -0.15) is 0 Å². The standard InChI is InChI=1S/C17H23N3O/c1-13-11-16(14(2)20(13)3)9-10-18-17(21)19-12-15-7-5-4-6-8-15/h4-8,11H,9-10,12H2,1-3H3,(H2,18,19,21). The van der Waals surface area contributed by atoms with Gasteiger partial charge in [0.25, 0.3) is 0 Å². The smallest absolute Gasteiger partial charge is 0.315 e. The monoisotopic (exact) mass is 285 g/mol. The third-order valence-electron chi connectivity index (χ3n) is 3.86. The summed E-state index contributed by atoms with van der Waals surface area (Å²) in [5.41, 5.74) is 4.90. The maximum Gasteiger partial charge on any atom is 0.315 e. The zero-order chi connectivity index (χ0) is 15.2. The molecule has 4 nitrogen and oxygen atoms in total. The molecule has 2 rings (SSSR count). The molecule has 0 fully saturated rings. The number of aromatic nitrogens is 1. The predicted molar refractivity (Wildman–Crippen MR) is 85.3 cm³/mol. The summed E-state index contributed by atoms with van der Waals surface area (Å²) in [4.78, 5) is 11.7. The normalized spacial score (nSPS) is 10.4. The van der Waals surface area contributed by atoms with Gasteiger partial charge < -0.3 is 15.2 Å². The first kappa shape index (κ1) is 15.2. The van der Waals surface area contributed by atoms with Crippen molar-refractivity contribution in [2.24, 2.45) is 7.05 Å². The molecular weight excluding hydrogens is 262 g/mol. The molecule has 1 heterocycles. The first-order chi connectivity index (χ1) is 10.1. The molecule has 0 saturated carbocycles. The number of nitrogens with one attached hydrogen (secondary N) is 2. The number of carbonyl (C=O) groups is 1.